The normalized spacial score (nSPS) is 9.67. The second-order valence-corrected chi connectivity index (χ2v) is 1.36. The van der Waals surface area contributed by atoms with Crippen molar-refractivity contribution in [3.8, 4) is 0 Å². The fraction of sp³-hybridized carbons (Fsp3) is 0.500. The molecule has 0 aliphatic rings. The first-order valence-corrected chi connectivity index (χ1v) is 2.07. The first-order chi connectivity index (χ1) is 3.56. The van der Waals surface area contributed by atoms with Crippen molar-refractivity contribution in [2.45, 2.75) is 5.97 Å². The minimum absolute atomic E-state index is 0. The maximum atomic E-state index is 8.15. The summed E-state index contributed by atoms with van der Waals surface area (Å²) in [5.41, 5.74) is 0. The Morgan fingerprint density at radius 1 is 1.44 bits per heavy atom. The van der Waals surface area contributed by atoms with Crippen LogP contribution in [0.1, 0.15) is 0 Å². The third-order valence-electron chi connectivity index (χ3n) is 0.484. The Kier molecular flexibility index (Phi) is 6.16. The summed E-state index contributed by atoms with van der Waals surface area (Å²) in [6.07, 6.45) is 1.25. The van der Waals surface area contributed by atoms with Gasteiger partial charge in [-0.1, -0.05) is 6.58 Å². The Bertz CT molecular complexity index is 80.4. The van der Waals surface area contributed by atoms with E-state index in [1.807, 2.05) is 0 Å². The molecule has 0 bridgehead atoms. The van der Waals surface area contributed by atoms with E-state index in [0.29, 0.717) is 0 Å². The van der Waals surface area contributed by atoms with Gasteiger partial charge in [0.25, 0.3) is 5.97 Å². The number of rotatable bonds is 3. The lowest BCUT2D eigenvalue weighted by Crippen LogP contribution is -2.37. The molecule has 0 aromatic rings. The summed E-state index contributed by atoms with van der Waals surface area (Å²) in [5, 5.41) is 26.8. The predicted molar refractivity (Wildman–Crippen MR) is 37.9 cm³/mol. The summed E-state index contributed by atoms with van der Waals surface area (Å²) in [5.74, 6) is -2.63. The van der Waals surface area contributed by atoms with Crippen molar-refractivity contribution in [1.82, 2.24) is 5.32 Å². The quantitative estimate of drug-likeness (QED) is 0.437. The lowest BCUT2D eigenvalue weighted by molar-refractivity contribution is -0.305. The molecule has 5 heteroatoms. The first kappa shape index (κ1) is 11.7. The molecule has 0 fully saturated rings. The second-order valence-electron chi connectivity index (χ2n) is 1.36. The van der Waals surface area contributed by atoms with Crippen LogP contribution in [0.5, 0.6) is 0 Å². The molecule has 9 heavy (non-hydrogen) atoms. The molecule has 0 saturated heterocycles. The zero-order valence-electron chi connectivity index (χ0n) is 4.74. The lowest BCUT2D eigenvalue weighted by atomic mass is 10.5. The van der Waals surface area contributed by atoms with Gasteiger partial charge in [-0.25, -0.2) is 0 Å². The Hall–Kier alpha value is -0.100. The maximum absolute atomic E-state index is 8.15. The molecule has 0 atom stereocenters. The van der Waals surface area contributed by atoms with Crippen molar-refractivity contribution in [3.63, 3.8) is 0 Å². The zero-order chi connectivity index (χ0) is 6.62. The summed E-state index contributed by atoms with van der Waals surface area (Å²) in [6.45, 7) is 2.88. The van der Waals surface area contributed by atoms with E-state index in [2.05, 4.69) is 11.9 Å². The van der Waals surface area contributed by atoms with Gasteiger partial charge in [-0.15, -0.1) is 17.0 Å². The van der Waals surface area contributed by atoms with Gasteiger partial charge in [0.05, 0.1) is 6.54 Å². The van der Waals surface area contributed by atoms with E-state index in [-0.39, 0.29) is 23.5 Å². The fourth-order valence-electron chi connectivity index (χ4n) is 0.209. The molecule has 0 aromatic heterocycles. The van der Waals surface area contributed by atoms with Gasteiger partial charge in [-0.2, -0.15) is 0 Å². The summed E-state index contributed by atoms with van der Waals surface area (Å²) >= 11 is 0. The summed E-state index contributed by atoms with van der Waals surface area (Å²) in [6, 6.07) is 0. The predicted octanol–water partition coefficient (Wildman–Crippen LogP) is -1.07. The fourth-order valence-corrected chi connectivity index (χ4v) is 0.209. The standard InChI is InChI=1S/C4H9NO3.BrH/c1-2-5-3-4(6,7)8;/h2,5-8H,1,3H2;1H. The molecule has 0 unspecified atom stereocenters. The smallest absolute Gasteiger partial charge is 0.293 e. The van der Waals surface area contributed by atoms with Crippen LogP contribution >= 0.6 is 17.0 Å². The Labute approximate surface area is 63.6 Å². The van der Waals surface area contributed by atoms with Gasteiger partial charge in [-0.3, -0.25) is 0 Å². The molecule has 0 aromatic carbocycles. The van der Waals surface area contributed by atoms with Crippen LogP contribution in [0.15, 0.2) is 12.8 Å². The van der Waals surface area contributed by atoms with Crippen molar-refractivity contribution in [1.29, 1.82) is 0 Å². The molecule has 0 radical (unpaired) electrons. The van der Waals surface area contributed by atoms with Crippen LogP contribution in [-0.4, -0.2) is 27.8 Å². The Morgan fingerprint density at radius 3 is 2.00 bits per heavy atom. The van der Waals surface area contributed by atoms with E-state index in [4.69, 9.17) is 15.3 Å². The molecule has 0 aliphatic carbocycles. The van der Waals surface area contributed by atoms with Gasteiger partial charge in [0, 0.05) is 0 Å². The van der Waals surface area contributed by atoms with Crippen LogP contribution in [0.4, 0.5) is 0 Å². The Balaban J connectivity index is 0. The molecule has 4 nitrogen and oxygen atoms in total. The second kappa shape index (κ2) is 4.75. The van der Waals surface area contributed by atoms with Crippen molar-refractivity contribution in [2.75, 3.05) is 6.54 Å². The lowest BCUT2D eigenvalue weighted by Gasteiger charge is -2.12. The highest BCUT2D eigenvalue weighted by molar-refractivity contribution is 8.93. The molecule has 56 valence electrons. The van der Waals surface area contributed by atoms with E-state index >= 15 is 0 Å². The highest BCUT2D eigenvalue weighted by atomic mass is 79.9. The summed E-state index contributed by atoms with van der Waals surface area (Å²) in [4.78, 5) is 0. The number of nitrogens with one attached hydrogen (secondary N) is 1. The molecule has 0 rings (SSSR count). The van der Waals surface area contributed by atoms with Gasteiger partial charge in [0.2, 0.25) is 0 Å². The van der Waals surface area contributed by atoms with E-state index in [1.165, 1.54) is 6.20 Å². The highest BCUT2D eigenvalue weighted by Crippen LogP contribution is 1.86. The van der Waals surface area contributed by atoms with E-state index in [1.54, 1.807) is 0 Å². The van der Waals surface area contributed by atoms with Crippen molar-refractivity contribution in [2.24, 2.45) is 0 Å². The van der Waals surface area contributed by atoms with Crippen LogP contribution in [-0.2, 0) is 0 Å². The summed E-state index contributed by atoms with van der Waals surface area (Å²) in [7, 11) is 0. The summed E-state index contributed by atoms with van der Waals surface area (Å²) < 4.78 is 0. The third-order valence-corrected chi connectivity index (χ3v) is 0.484. The molecule has 0 aliphatic heterocycles. The van der Waals surface area contributed by atoms with Crippen LogP contribution in [0.2, 0.25) is 0 Å². The number of halogens is 1. The van der Waals surface area contributed by atoms with Gasteiger partial charge in [-0.05, 0) is 6.20 Å². The van der Waals surface area contributed by atoms with Crippen LogP contribution in [0.3, 0.4) is 0 Å². The molecule has 0 saturated carbocycles. The van der Waals surface area contributed by atoms with E-state index in [9.17, 15) is 0 Å². The molecule has 0 spiro atoms. The van der Waals surface area contributed by atoms with Crippen LogP contribution in [0, 0.1) is 0 Å². The SMILES string of the molecule is Br.C=CNCC(O)(O)O. The van der Waals surface area contributed by atoms with Gasteiger partial charge in [0.1, 0.15) is 0 Å². The van der Waals surface area contributed by atoms with Crippen LogP contribution in [0.25, 0.3) is 0 Å². The average Bonchev–Trinajstić information content (AvgIpc) is 1.59. The monoisotopic (exact) mass is 199 g/mol. The van der Waals surface area contributed by atoms with Gasteiger partial charge < -0.3 is 20.6 Å². The van der Waals surface area contributed by atoms with E-state index in [0.717, 1.165) is 0 Å². The largest absolute Gasteiger partial charge is 0.384 e. The van der Waals surface area contributed by atoms with Crippen molar-refractivity contribution < 1.29 is 15.3 Å². The maximum Gasteiger partial charge on any atom is 0.293 e. The molecule has 0 amide bonds. The molecular weight excluding hydrogens is 190 g/mol. The molecule has 4 N–H and O–H groups in total. The van der Waals surface area contributed by atoms with Crippen molar-refractivity contribution >= 4 is 17.0 Å². The third kappa shape index (κ3) is 11.5. The van der Waals surface area contributed by atoms with E-state index < -0.39 is 5.97 Å². The molecule has 0 heterocycles. The highest BCUT2D eigenvalue weighted by Gasteiger charge is 2.15. The zero-order valence-corrected chi connectivity index (χ0v) is 6.45. The first-order valence-electron chi connectivity index (χ1n) is 2.07. The minimum atomic E-state index is -2.63. The van der Waals surface area contributed by atoms with Crippen LogP contribution < -0.4 is 5.32 Å². The minimum Gasteiger partial charge on any atom is -0.384 e. The van der Waals surface area contributed by atoms with Gasteiger partial charge in [0.15, 0.2) is 0 Å². The number of aliphatic hydroxyl groups is 3. The topological polar surface area (TPSA) is 72.7 Å². The number of hydrogen-bond acceptors (Lipinski definition) is 4. The number of hydrogen-bond donors (Lipinski definition) is 4. The van der Waals surface area contributed by atoms with Gasteiger partial charge >= 0.3 is 0 Å². The van der Waals surface area contributed by atoms with Crippen molar-refractivity contribution in [3.05, 3.63) is 12.8 Å². The Morgan fingerprint density at radius 2 is 1.89 bits per heavy atom. The average molecular weight is 200 g/mol. The molecular formula is C4H10BrNO3.